The Morgan fingerprint density at radius 3 is 2.00 bits per heavy atom. The molecular formula is C15H20ClNO. The Kier molecular flexibility index (Phi) is 2.58. The molecule has 0 aromatic heterocycles. The van der Waals surface area contributed by atoms with Crippen molar-refractivity contribution in [3.8, 4) is 0 Å². The summed E-state index contributed by atoms with van der Waals surface area (Å²) >= 11 is 0. The van der Waals surface area contributed by atoms with Gasteiger partial charge in [-0.2, -0.15) is 0 Å². The van der Waals surface area contributed by atoms with Gasteiger partial charge in [0.2, 0.25) is 0 Å². The quantitative estimate of drug-likeness (QED) is 0.781. The summed E-state index contributed by atoms with van der Waals surface area (Å²) < 4.78 is 6.19. The first-order valence-corrected chi connectivity index (χ1v) is 6.65. The first kappa shape index (κ1) is 12.5. The Morgan fingerprint density at radius 2 is 1.56 bits per heavy atom. The van der Waals surface area contributed by atoms with Gasteiger partial charge in [-0.05, 0) is 55.6 Å². The zero-order valence-electron chi connectivity index (χ0n) is 10.7. The van der Waals surface area contributed by atoms with Gasteiger partial charge in [-0.15, -0.1) is 12.4 Å². The van der Waals surface area contributed by atoms with Crippen LogP contribution in [0.2, 0.25) is 0 Å². The van der Waals surface area contributed by atoms with E-state index in [-0.39, 0.29) is 23.7 Å². The van der Waals surface area contributed by atoms with Gasteiger partial charge in [0.1, 0.15) is 5.72 Å². The number of halogens is 1. The second-order valence-electron chi connectivity index (χ2n) is 6.46. The molecule has 5 rings (SSSR count). The first-order valence-electron chi connectivity index (χ1n) is 6.65. The fraction of sp³-hybridized carbons (Fsp3) is 0.600. The van der Waals surface area contributed by atoms with Crippen molar-refractivity contribution in [1.29, 1.82) is 0 Å². The third kappa shape index (κ3) is 1.63. The highest BCUT2D eigenvalue weighted by atomic mass is 35.5. The smallest absolute Gasteiger partial charge is 0.118 e. The van der Waals surface area contributed by atoms with Gasteiger partial charge in [0.25, 0.3) is 0 Å². The van der Waals surface area contributed by atoms with Crippen LogP contribution in [0.25, 0.3) is 0 Å². The normalized spacial score (nSPS) is 44.1. The van der Waals surface area contributed by atoms with E-state index in [1.165, 1.54) is 11.1 Å². The molecule has 1 aromatic rings. The van der Waals surface area contributed by atoms with Crippen molar-refractivity contribution in [2.75, 3.05) is 0 Å². The molecule has 4 aliphatic rings. The van der Waals surface area contributed by atoms with Crippen LogP contribution in [0.4, 0.5) is 0 Å². The molecule has 0 spiro atoms. The van der Waals surface area contributed by atoms with Crippen molar-refractivity contribution in [1.82, 2.24) is 0 Å². The molecule has 2 fully saturated rings. The lowest BCUT2D eigenvalue weighted by Gasteiger charge is -2.52. The van der Waals surface area contributed by atoms with E-state index < -0.39 is 0 Å². The van der Waals surface area contributed by atoms with E-state index in [0.29, 0.717) is 11.8 Å². The molecule has 98 valence electrons. The number of nitrogens with two attached hydrogens (primary N) is 1. The third-order valence-electron chi connectivity index (χ3n) is 4.87. The lowest BCUT2D eigenvalue weighted by molar-refractivity contribution is -0.217. The van der Waals surface area contributed by atoms with E-state index in [9.17, 15) is 0 Å². The van der Waals surface area contributed by atoms with E-state index in [0.717, 1.165) is 25.7 Å². The number of rotatable bonds is 0. The van der Waals surface area contributed by atoms with E-state index in [2.05, 4.69) is 31.2 Å². The van der Waals surface area contributed by atoms with Crippen LogP contribution >= 0.6 is 12.4 Å². The average molecular weight is 266 g/mol. The van der Waals surface area contributed by atoms with E-state index in [1.54, 1.807) is 0 Å². The molecule has 2 nitrogen and oxygen atoms in total. The molecule has 2 unspecified atom stereocenters. The maximum atomic E-state index is 6.46. The van der Waals surface area contributed by atoms with Gasteiger partial charge in [-0.3, -0.25) is 0 Å². The number of benzene rings is 1. The van der Waals surface area contributed by atoms with Crippen molar-refractivity contribution < 1.29 is 4.74 Å². The van der Waals surface area contributed by atoms with Crippen molar-refractivity contribution in [2.24, 2.45) is 5.73 Å². The van der Waals surface area contributed by atoms with Crippen molar-refractivity contribution in [2.45, 2.75) is 55.8 Å². The van der Waals surface area contributed by atoms with Crippen LogP contribution in [-0.2, 0) is 4.74 Å². The van der Waals surface area contributed by atoms with E-state index in [4.69, 9.17) is 10.5 Å². The second-order valence-corrected chi connectivity index (χ2v) is 6.46. The van der Waals surface area contributed by atoms with Crippen molar-refractivity contribution in [3.05, 3.63) is 35.4 Å². The molecule has 2 aliphatic carbocycles. The largest absolute Gasteiger partial charge is 0.355 e. The van der Waals surface area contributed by atoms with Crippen molar-refractivity contribution >= 4 is 12.4 Å². The predicted molar refractivity (Wildman–Crippen MR) is 74.0 cm³/mol. The fourth-order valence-corrected chi connectivity index (χ4v) is 4.54. The topological polar surface area (TPSA) is 35.2 Å². The molecular weight excluding hydrogens is 246 g/mol. The number of hydrogen-bond donors (Lipinski definition) is 1. The zero-order valence-corrected chi connectivity index (χ0v) is 11.5. The molecule has 2 heterocycles. The van der Waals surface area contributed by atoms with Crippen LogP contribution in [-0.4, -0.2) is 11.3 Å². The van der Waals surface area contributed by atoms with Gasteiger partial charge in [-0.1, -0.05) is 24.3 Å². The van der Waals surface area contributed by atoms with Gasteiger partial charge in [0.05, 0.1) is 5.60 Å². The molecule has 3 heteroatoms. The van der Waals surface area contributed by atoms with Crippen LogP contribution in [0, 0.1) is 0 Å². The summed E-state index contributed by atoms with van der Waals surface area (Å²) in [4.78, 5) is 0. The Bertz CT molecular complexity index is 432. The van der Waals surface area contributed by atoms with Crippen LogP contribution in [0.1, 0.15) is 55.6 Å². The summed E-state index contributed by atoms with van der Waals surface area (Å²) in [6.45, 7) is 2.25. The third-order valence-corrected chi connectivity index (χ3v) is 4.87. The Morgan fingerprint density at radius 1 is 1.06 bits per heavy atom. The highest BCUT2D eigenvalue weighted by molar-refractivity contribution is 5.85. The van der Waals surface area contributed by atoms with Gasteiger partial charge < -0.3 is 10.5 Å². The molecule has 2 N–H and O–H groups in total. The number of hydrogen-bond acceptors (Lipinski definition) is 2. The molecule has 0 amide bonds. The lowest BCUT2D eigenvalue weighted by atomic mass is 9.73. The molecule has 0 radical (unpaired) electrons. The minimum Gasteiger partial charge on any atom is -0.355 e. The first-order chi connectivity index (χ1) is 8.07. The standard InChI is InChI=1S/C15H19NO.ClH/c1-14-6-10-8-15(16,17-14)9-11(7-14)13-5-3-2-4-12(10)13;/h2-5,10-11H,6-9,16H2,1H3;1H. The summed E-state index contributed by atoms with van der Waals surface area (Å²) in [5.74, 6) is 1.20. The predicted octanol–water partition coefficient (Wildman–Crippen LogP) is 3.31. The van der Waals surface area contributed by atoms with Crippen LogP contribution in [0.15, 0.2) is 24.3 Å². The van der Waals surface area contributed by atoms with E-state index >= 15 is 0 Å². The van der Waals surface area contributed by atoms with Gasteiger partial charge in [-0.25, -0.2) is 0 Å². The van der Waals surface area contributed by atoms with Gasteiger partial charge in [0.15, 0.2) is 0 Å². The molecule has 4 bridgehead atoms. The maximum Gasteiger partial charge on any atom is 0.118 e. The molecule has 2 aliphatic heterocycles. The Labute approximate surface area is 114 Å². The average Bonchev–Trinajstić information content (AvgIpc) is 2.38. The SMILES string of the molecule is CC12CC3CC(N)(CC(C1)c1ccccc13)O2.Cl. The Hall–Kier alpha value is -0.570. The molecule has 1 aromatic carbocycles. The fourth-order valence-electron chi connectivity index (χ4n) is 4.54. The van der Waals surface area contributed by atoms with Gasteiger partial charge >= 0.3 is 0 Å². The summed E-state index contributed by atoms with van der Waals surface area (Å²) in [5.41, 5.74) is 9.16. The van der Waals surface area contributed by atoms with Crippen LogP contribution in [0.5, 0.6) is 0 Å². The highest BCUT2D eigenvalue weighted by Gasteiger charge is 2.54. The second kappa shape index (κ2) is 3.72. The van der Waals surface area contributed by atoms with Crippen molar-refractivity contribution in [3.63, 3.8) is 0 Å². The summed E-state index contributed by atoms with van der Waals surface area (Å²) in [6.07, 6.45) is 4.27. The number of ether oxygens (including phenoxy) is 1. The maximum absolute atomic E-state index is 6.46. The summed E-state index contributed by atoms with van der Waals surface area (Å²) in [5, 5.41) is 0. The summed E-state index contributed by atoms with van der Waals surface area (Å²) in [7, 11) is 0. The monoisotopic (exact) mass is 265 g/mol. The Balaban J connectivity index is 0.000001000. The molecule has 2 atom stereocenters. The minimum absolute atomic E-state index is 0. The minimum atomic E-state index is -0.375. The summed E-state index contributed by atoms with van der Waals surface area (Å²) in [6, 6.07) is 8.93. The lowest BCUT2D eigenvalue weighted by Crippen LogP contribution is -2.58. The van der Waals surface area contributed by atoms with Crippen LogP contribution in [0.3, 0.4) is 0 Å². The highest BCUT2D eigenvalue weighted by Crippen LogP contribution is 2.57. The molecule has 0 saturated carbocycles. The van der Waals surface area contributed by atoms with Crippen LogP contribution < -0.4 is 5.73 Å². The van der Waals surface area contributed by atoms with E-state index in [1.807, 2.05) is 0 Å². The molecule has 2 saturated heterocycles. The van der Waals surface area contributed by atoms with Gasteiger partial charge in [0, 0.05) is 0 Å². The zero-order chi connectivity index (χ0) is 11.7. The molecule has 18 heavy (non-hydrogen) atoms.